The monoisotopic (exact) mass is 248 g/mol. The summed E-state index contributed by atoms with van der Waals surface area (Å²) in [6.07, 6.45) is 3.90. The van der Waals surface area contributed by atoms with Crippen molar-refractivity contribution in [2.75, 3.05) is 20.4 Å². The lowest BCUT2D eigenvalue weighted by Crippen LogP contribution is -2.11. The van der Waals surface area contributed by atoms with Crippen LogP contribution in [0.25, 0.3) is 0 Å². The van der Waals surface area contributed by atoms with Crippen molar-refractivity contribution in [3.8, 4) is 0 Å². The van der Waals surface area contributed by atoms with Gasteiger partial charge in [-0.2, -0.15) is 0 Å². The lowest BCUT2D eigenvalue weighted by atomic mass is 10.00. The topological polar surface area (TPSA) is 52.6 Å². The van der Waals surface area contributed by atoms with E-state index in [-0.39, 0.29) is 17.9 Å². The van der Waals surface area contributed by atoms with Gasteiger partial charge in [-0.3, -0.25) is 9.36 Å². The molecular weight excluding hydrogens is 227 g/mol. The van der Waals surface area contributed by atoms with E-state index in [1.807, 2.05) is 13.0 Å². The predicted molar refractivity (Wildman–Crippen MR) is 64.7 cm³/mol. The Bertz CT molecular complexity index is 267. The van der Waals surface area contributed by atoms with E-state index < -0.39 is 7.60 Å². The zero-order valence-corrected chi connectivity index (χ0v) is 11.2. The minimum atomic E-state index is -3.19. The van der Waals surface area contributed by atoms with Crippen molar-refractivity contribution in [2.24, 2.45) is 5.92 Å². The van der Waals surface area contributed by atoms with Crippen molar-refractivity contribution < 1.29 is 18.4 Å². The summed E-state index contributed by atoms with van der Waals surface area (Å²) in [6, 6.07) is 0. The van der Waals surface area contributed by atoms with Crippen molar-refractivity contribution in [1.82, 2.24) is 0 Å². The molecule has 0 aliphatic rings. The third-order valence-electron chi connectivity index (χ3n) is 2.37. The molecule has 4 nitrogen and oxygen atoms in total. The van der Waals surface area contributed by atoms with Gasteiger partial charge in [0, 0.05) is 20.6 Å². The van der Waals surface area contributed by atoms with Crippen molar-refractivity contribution in [2.45, 2.75) is 26.2 Å². The van der Waals surface area contributed by atoms with Crippen LogP contribution in [0.15, 0.2) is 12.7 Å². The Morgan fingerprint density at radius 2 is 2.00 bits per heavy atom. The van der Waals surface area contributed by atoms with Crippen LogP contribution in [0.2, 0.25) is 0 Å². The molecule has 0 radical (unpaired) electrons. The van der Waals surface area contributed by atoms with Gasteiger partial charge < -0.3 is 9.05 Å². The summed E-state index contributed by atoms with van der Waals surface area (Å²) >= 11 is 0. The summed E-state index contributed by atoms with van der Waals surface area (Å²) in [6.45, 7) is 5.62. The third-order valence-corrected chi connectivity index (χ3v) is 4.22. The first kappa shape index (κ1) is 15.6. The molecule has 0 aromatic heterocycles. The Hall–Kier alpha value is -0.440. The summed E-state index contributed by atoms with van der Waals surface area (Å²) in [5.74, 6) is 0.191. The van der Waals surface area contributed by atoms with Gasteiger partial charge in [-0.25, -0.2) is 0 Å². The summed E-state index contributed by atoms with van der Waals surface area (Å²) in [5.41, 5.74) is 0. The maximum absolute atomic E-state index is 11.7. The van der Waals surface area contributed by atoms with E-state index >= 15 is 0 Å². The van der Waals surface area contributed by atoms with Crippen LogP contribution in [-0.2, 0) is 18.4 Å². The summed E-state index contributed by atoms with van der Waals surface area (Å²) in [5, 5.41) is 0. The second-order valence-corrected chi connectivity index (χ2v) is 6.12. The molecule has 0 amide bonds. The first-order valence-corrected chi connectivity index (χ1v) is 7.03. The molecule has 0 N–H and O–H groups in total. The van der Waals surface area contributed by atoms with Crippen molar-refractivity contribution in [3.05, 3.63) is 12.7 Å². The molecule has 0 rings (SSSR count). The number of carbonyl (C=O) groups is 1. The van der Waals surface area contributed by atoms with Gasteiger partial charge in [-0.05, 0) is 18.8 Å². The molecule has 0 heterocycles. The number of ketones is 1. The number of rotatable bonds is 9. The van der Waals surface area contributed by atoms with Gasteiger partial charge >= 0.3 is 7.60 Å². The van der Waals surface area contributed by atoms with Gasteiger partial charge in [0.1, 0.15) is 11.9 Å². The lowest BCUT2D eigenvalue weighted by Gasteiger charge is -2.14. The van der Waals surface area contributed by atoms with Gasteiger partial charge in [0.25, 0.3) is 0 Å². The van der Waals surface area contributed by atoms with Crippen molar-refractivity contribution >= 4 is 13.4 Å². The second-order valence-electron chi connectivity index (χ2n) is 3.85. The molecule has 0 saturated heterocycles. The van der Waals surface area contributed by atoms with Gasteiger partial charge in [0.05, 0.1) is 0 Å². The highest BCUT2D eigenvalue weighted by atomic mass is 31.2. The van der Waals surface area contributed by atoms with Crippen LogP contribution in [0.3, 0.4) is 0 Å². The average Bonchev–Trinajstić information content (AvgIpc) is 2.25. The molecule has 0 aliphatic heterocycles. The van der Waals surface area contributed by atoms with Gasteiger partial charge in [-0.1, -0.05) is 13.0 Å². The SMILES string of the molecule is C=CCC[C@H](C)CC(=O)CP(=O)(OC)OC. The van der Waals surface area contributed by atoms with E-state index in [2.05, 4.69) is 6.58 Å². The van der Waals surface area contributed by atoms with E-state index in [9.17, 15) is 9.36 Å². The second kappa shape index (κ2) is 7.77. The lowest BCUT2D eigenvalue weighted by molar-refractivity contribution is -0.117. The Morgan fingerprint density at radius 1 is 1.44 bits per heavy atom. The maximum atomic E-state index is 11.7. The quantitative estimate of drug-likeness (QED) is 0.465. The molecule has 0 saturated carbocycles. The molecule has 0 aromatic rings. The van der Waals surface area contributed by atoms with Crippen LogP contribution in [0.5, 0.6) is 0 Å². The molecule has 16 heavy (non-hydrogen) atoms. The number of hydrogen-bond acceptors (Lipinski definition) is 4. The van der Waals surface area contributed by atoms with E-state index in [0.717, 1.165) is 12.8 Å². The minimum absolute atomic E-state index is 0.0800. The number of carbonyl (C=O) groups excluding carboxylic acids is 1. The molecular formula is C11H21O4P. The van der Waals surface area contributed by atoms with E-state index in [4.69, 9.17) is 9.05 Å². The highest BCUT2D eigenvalue weighted by Gasteiger charge is 2.25. The minimum Gasteiger partial charge on any atom is -0.312 e. The molecule has 0 aromatic carbocycles. The van der Waals surface area contributed by atoms with E-state index in [0.29, 0.717) is 6.42 Å². The van der Waals surface area contributed by atoms with Crippen molar-refractivity contribution in [3.63, 3.8) is 0 Å². The Balaban J connectivity index is 4.07. The summed E-state index contributed by atoms with van der Waals surface area (Å²) in [4.78, 5) is 11.6. The molecule has 0 aliphatic carbocycles. The summed E-state index contributed by atoms with van der Waals surface area (Å²) in [7, 11) is -0.608. The van der Waals surface area contributed by atoms with Gasteiger partial charge in [0.15, 0.2) is 0 Å². The Labute approximate surface area is 97.6 Å². The number of allylic oxidation sites excluding steroid dienone is 1. The van der Waals surface area contributed by atoms with Crippen LogP contribution in [0.1, 0.15) is 26.2 Å². The Kier molecular flexibility index (Phi) is 7.56. The highest BCUT2D eigenvalue weighted by molar-refractivity contribution is 7.54. The fourth-order valence-electron chi connectivity index (χ4n) is 1.38. The van der Waals surface area contributed by atoms with Crippen LogP contribution >= 0.6 is 7.60 Å². The molecule has 94 valence electrons. The largest absolute Gasteiger partial charge is 0.337 e. The number of hydrogen-bond donors (Lipinski definition) is 0. The molecule has 5 heteroatoms. The third kappa shape index (κ3) is 6.21. The molecule has 0 bridgehead atoms. The normalized spacial score (nSPS) is 13.4. The van der Waals surface area contributed by atoms with Crippen LogP contribution in [0.4, 0.5) is 0 Å². The first-order chi connectivity index (χ1) is 7.47. The fourth-order valence-corrected chi connectivity index (χ4v) is 2.35. The van der Waals surface area contributed by atoms with Crippen molar-refractivity contribution in [1.29, 1.82) is 0 Å². The number of Topliss-reactive ketones (excluding diaryl/α,β-unsaturated/α-hetero) is 1. The fraction of sp³-hybridized carbons (Fsp3) is 0.727. The zero-order valence-electron chi connectivity index (χ0n) is 10.3. The predicted octanol–water partition coefficient (Wildman–Crippen LogP) is 3.03. The molecule has 0 unspecified atom stereocenters. The van der Waals surface area contributed by atoms with Crippen LogP contribution < -0.4 is 0 Å². The van der Waals surface area contributed by atoms with Gasteiger partial charge in [-0.15, -0.1) is 6.58 Å². The molecule has 0 fully saturated rings. The zero-order chi connectivity index (χ0) is 12.6. The van der Waals surface area contributed by atoms with Gasteiger partial charge in [0.2, 0.25) is 0 Å². The first-order valence-electron chi connectivity index (χ1n) is 5.30. The smallest absolute Gasteiger partial charge is 0.312 e. The van der Waals surface area contributed by atoms with E-state index in [1.165, 1.54) is 14.2 Å². The molecule has 0 spiro atoms. The Morgan fingerprint density at radius 3 is 2.44 bits per heavy atom. The highest BCUT2D eigenvalue weighted by Crippen LogP contribution is 2.46. The standard InChI is InChI=1S/C11H21O4P/c1-5-6-7-10(2)8-11(12)9-16(13,14-3)15-4/h5,10H,1,6-9H2,2-4H3/t10-/m0/s1. The van der Waals surface area contributed by atoms with Crippen LogP contribution in [0, 0.1) is 5.92 Å². The average molecular weight is 248 g/mol. The van der Waals surface area contributed by atoms with Crippen LogP contribution in [-0.4, -0.2) is 26.2 Å². The maximum Gasteiger partial charge on any atom is 0.337 e. The summed E-state index contributed by atoms with van der Waals surface area (Å²) < 4.78 is 21.1. The molecule has 1 atom stereocenters. The van der Waals surface area contributed by atoms with E-state index in [1.54, 1.807) is 0 Å².